The zero-order valence-corrected chi connectivity index (χ0v) is 15.1. The van der Waals surface area contributed by atoms with Gasteiger partial charge in [0.1, 0.15) is 5.75 Å². The standard InChI is InChI=1S/C18H30N4O2/c1-4-19-18(20-10-15-24-5-2)22-13-11-21(12-14-22)16-8-6-7-9-17(16)23-3/h6-9H,4-5,10-15H2,1-3H3,(H,19,20). The Labute approximate surface area is 145 Å². The topological polar surface area (TPSA) is 49.3 Å². The van der Waals surface area contributed by atoms with Crippen molar-refractivity contribution in [3.63, 3.8) is 0 Å². The molecular formula is C18H30N4O2. The first-order valence-corrected chi connectivity index (χ1v) is 8.79. The molecule has 1 aliphatic heterocycles. The number of guanidine groups is 1. The van der Waals surface area contributed by atoms with Gasteiger partial charge in [0, 0.05) is 39.3 Å². The molecule has 0 amide bonds. The molecule has 0 aromatic heterocycles. The normalized spacial score (nSPS) is 15.5. The highest BCUT2D eigenvalue weighted by molar-refractivity contribution is 5.80. The number of para-hydroxylation sites is 2. The van der Waals surface area contributed by atoms with E-state index in [-0.39, 0.29) is 0 Å². The van der Waals surface area contributed by atoms with E-state index in [1.54, 1.807) is 7.11 Å². The van der Waals surface area contributed by atoms with Crippen molar-refractivity contribution in [1.82, 2.24) is 10.2 Å². The molecule has 6 heteroatoms. The number of rotatable bonds is 7. The second-order valence-corrected chi connectivity index (χ2v) is 5.58. The van der Waals surface area contributed by atoms with Crippen molar-refractivity contribution < 1.29 is 9.47 Å². The van der Waals surface area contributed by atoms with Crippen LogP contribution < -0.4 is 15.0 Å². The smallest absolute Gasteiger partial charge is 0.194 e. The maximum absolute atomic E-state index is 5.48. The summed E-state index contributed by atoms with van der Waals surface area (Å²) in [6.45, 7) is 10.9. The Morgan fingerprint density at radius 3 is 2.58 bits per heavy atom. The number of aliphatic imine (C=N–C) groups is 1. The fourth-order valence-corrected chi connectivity index (χ4v) is 2.84. The van der Waals surface area contributed by atoms with Crippen LogP contribution in [-0.2, 0) is 4.74 Å². The van der Waals surface area contributed by atoms with Gasteiger partial charge in [-0.25, -0.2) is 0 Å². The minimum atomic E-state index is 0.673. The number of hydrogen-bond acceptors (Lipinski definition) is 4. The molecule has 1 aromatic rings. The molecule has 24 heavy (non-hydrogen) atoms. The molecule has 1 heterocycles. The van der Waals surface area contributed by atoms with Gasteiger partial charge >= 0.3 is 0 Å². The van der Waals surface area contributed by atoms with Gasteiger partial charge in [-0.3, -0.25) is 4.99 Å². The van der Waals surface area contributed by atoms with Crippen molar-refractivity contribution in [2.24, 2.45) is 4.99 Å². The zero-order chi connectivity index (χ0) is 17.2. The summed E-state index contributed by atoms with van der Waals surface area (Å²) in [6.07, 6.45) is 0. The maximum atomic E-state index is 5.48. The molecule has 1 aromatic carbocycles. The first kappa shape index (κ1) is 18.4. The number of ether oxygens (including phenoxy) is 2. The van der Waals surface area contributed by atoms with Crippen LogP contribution in [0.5, 0.6) is 5.75 Å². The molecule has 0 aliphatic carbocycles. The Kier molecular flexibility index (Phi) is 7.68. The molecule has 1 N–H and O–H groups in total. The molecule has 2 rings (SSSR count). The highest BCUT2D eigenvalue weighted by Gasteiger charge is 2.21. The number of anilines is 1. The van der Waals surface area contributed by atoms with Crippen molar-refractivity contribution in [1.29, 1.82) is 0 Å². The average Bonchev–Trinajstić information content (AvgIpc) is 2.64. The SMILES string of the molecule is CCNC(=NCCOCC)N1CCN(c2ccccc2OC)CC1. The van der Waals surface area contributed by atoms with Crippen LogP contribution in [0.15, 0.2) is 29.3 Å². The first-order valence-electron chi connectivity index (χ1n) is 8.79. The van der Waals surface area contributed by atoms with Gasteiger partial charge in [-0.15, -0.1) is 0 Å². The van der Waals surface area contributed by atoms with Gasteiger partial charge < -0.3 is 24.6 Å². The zero-order valence-electron chi connectivity index (χ0n) is 15.1. The summed E-state index contributed by atoms with van der Waals surface area (Å²) in [4.78, 5) is 9.36. The van der Waals surface area contributed by atoms with E-state index in [4.69, 9.17) is 9.47 Å². The van der Waals surface area contributed by atoms with Crippen LogP contribution in [0.2, 0.25) is 0 Å². The fraction of sp³-hybridized carbons (Fsp3) is 0.611. The molecule has 0 unspecified atom stereocenters. The van der Waals surface area contributed by atoms with Crippen molar-refractivity contribution in [2.75, 3.05) is 64.5 Å². The molecule has 0 spiro atoms. The molecule has 0 saturated carbocycles. The van der Waals surface area contributed by atoms with Crippen molar-refractivity contribution in [2.45, 2.75) is 13.8 Å². The lowest BCUT2D eigenvalue weighted by atomic mass is 10.2. The van der Waals surface area contributed by atoms with E-state index in [0.29, 0.717) is 13.2 Å². The van der Waals surface area contributed by atoms with Crippen LogP contribution in [0.3, 0.4) is 0 Å². The quantitative estimate of drug-likeness (QED) is 0.468. The second kappa shape index (κ2) is 10.0. The molecule has 0 atom stereocenters. The molecule has 1 fully saturated rings. The molecule has 0 bridgehead atoms. The second-order valence-electron chi connectivity index (χ2n) is 5.58. The summed E-state index contributed by atoms with van der Waals surface area (Å²) in [5.41, 5.74) is 1.16. The third-order valence-electron chi connectivity index (χ3n) is 4.04. The number of piperazine rings is 1. The Morgan fingerprint density at radius 1 is 1.17 bits per heavy atom. The van der Waals surface area contributed by atoms with E-state index in [2.05, 4.69) is 39.2 Å². The van der Waals surface area contributed by atoms with Crippen LogP contribution in [0.4, 0.5) is 5.69 Å². The summed E-state index contributed by atoms with van der Waals surface area (Å²) in [5, 5.41) is 3.38. The minimum absolute atomic E-state index is 0.673. The Bertz CT molecular complexity index is 513. The van der Waals surface area contributed by atoms with Gasteiger partial charge in [-0.1, -0.05) is 12.1 Å². The molecule has 0 radical (unpaired) electrons. The number of hydrogen-bond donors (Lipinski definition) is 1. The number of nitrogens with one attached hydrogen (secondary N) is 1. The van der Waals surface area contributed by atoms with Gasteiger partial charge in [0.25, 0.3) is 0 Å². The van der Waals surface area contributed by atoms with Gasteiger partial charge in [0.05, 0.1) is 25.9 Å². The lowest BCUT2D eigenvalue weighted by Crippen LogP contribution is -2.52. The largest absolute Gasteiger partial charge is 0.495 e. The Balaban J connectivity index is 1.94. The van der Waals surface area contributed by atoms with Crippen molar-refractivity contribution in [3.05, 3.63) is 24.3 Å². The number of methoxy groups -OCH3 is 1. The van der Waals surface area contributed by atoms with E-state index in [1.165, 1.54) is 0 Å². The van der Waals surface area contributed by atoms with Crippen LogP contribution in [0.1, 0.15) is 13.8 Å². The predicted octanol–water partition coefficient (Wildman–Crippen LogP) is 1.82. The fourth-order valence-electron chi connectivity index (χ4n) is 2.84. The lowest BCUT2D eigenvalue weighted by molar-refractivity contribution is 0.155. The summed E-state index contributed by atoms with van der Waals surface area (Å²) in [5.74, 6) is 1.92. The third kappa shape index (κ3) is 5.03. The maximum Gasteiger partial charge on any atom is 0.194 e. The number of nitrogens with zero attached hydrogens (tertiary/aromatic N) is 3. The highest BCUT2D eigenvalue weighted by atomic mass is 16.5. The van der Waals surface area contributed by atoms with E-state index in [1.807, 2.05) is 19.1 Å². The van der Waals surface area contributed by atoms with Crippen molar-refractivity contribution >= 4 is 11.6 Å². The average molecular weight is 334 g/mol. The molecular weight excluding hydrogens is 304 g/mol. The molecule has 1 aliphatic rings. The van der Waals surface area contributed by atoms with Gasteiger partial charge in [0.15, 0.2) is 5.96 Å². The molecule has 6 nitrogen and oxygen atoms in total. The van der Waals surface area contributed by atoms with E-state index in [9.17, 15) is 0 Å². The Hall–Kier alpha value is -1.95. The van der Waals surface area contributed by atoms with E-state index in [0.717, 1.165) is 56.7 Å². The first-order chi connectivity index (χ1) is 11.8. The summed E-state index contributed by atoms with van der Waals surface area (Å²) in [6, 6.07) is 8.20. The molecule has 1 saturated heterocycles. The monoisotopic (exact) mass is 334 g/mol. The van der Waals surface area contributed by atoms with E-state index >= 15 is 0 Å². The summed E-state index contributed by atoms with van der Waals surface area (Å²) in [7, 11) is 1.73. The van der Waals surface area contributed by atoms with Gasteiger partial charge in [-0.2, -0.15) is 0 Å². The van der Waals surface area contributed by atoms with Gasteiger partial charge in [-0.05, 0) is 26.0 Å². The van der Waals surface area contributed by atoms with Crippen LogP contribution in [-0.4, -0.2) is 70.5 Å². The number of benzene rings is 1. The van der Waals surface area contributed by atoms with Crippen molar-refractivity contribution in [3.8, 4) is 5.75 Å². The third-order valence-corrected chi connectivity index (χ3v) is 4.04. The molecule has 134 valence electrons. The van der Waals surface area contributed by atoms with Crippen LogP contribution in [0.25, 0.3) is 0 Å². The predicted molar refractivity (Wildman–Crippen MR) is 99.3 cm³/mol. The highest BCUT2D eigenvalue weighted by Crippen LogP contribution is 2.28. The Morgan fingerprint density at radius 2 is 1.92 bits per heavy atom. The van der Waals surface area contributed by atoms with E-state index < -0.39 is 0 Å². The van der Waals surface area contributed by atoms with Crippen LogP contribution in [0, 0.1) is 0 Å². The van der Waals surface area contributed by atoms with Gasteiger partial charge in [0.2, 0.25) is 0 Å². The summed E-state index contributed by atoms with van der Waals surface area (Å²) >= 11 is 0. The van der Waals surface area contributed by atoms with Crippen LogP contribution >= 0.6 is 0 Å². The minimum Gasteiger partial charge on any atom is -0.495 e. The lowest BCUT2D eigenvalue weighted by Gasteiger charge is -2.38. The summed E-state index contributed by atoms with van der Waals surface area (Å²) < 4.78 is 10.9.